The molecule has 0 aromatic carbocycles. The van der Waals surface area contributed by atoms with Crippen molar-refractivity contribution in [2.24, 2.45) is 0 Å². The number of anilines is 1. The van der Waals surface area contributed by atoms with Crippen LogP contribution in [0, 0.1) is 10.1 Å². The lowest BCUT2D eigenvalue weighted by Gasteiger charge is -2.26. The van der Waals surface area contributed by atoms with Gasteiger partial charge < -0.3 is 14.8 Å². The zero-order valence-corrected chi connectivity index (χ0v) is 10.5. The number of hydrogen-bond acceptors (Lipinski definition) is 7. The average molecular weight is 272 g/mol. The maximum atomic E-state index is 11.3. The summed E-state index contributed by atoms with van der Waals surface area (Å²) < 4.78 is 9.75. The molecule has 0 bridgehead atoms. The van der Waals surface area contributed by atoms with E-state index in [1.54, 1.807) is 0 Å². The molecule has 2 heterocycles. The third-order valence-corrected chi connectivity index (χ3v) is 3.65. The lowest BCUT2D eigenvalue weighted by molar-refractivity contribution is -0.379. The topological polar surface area (TPSA) is 90.7 Å². The van der Waals surface area contributed by atoms with Crippen LogP contribution in [0.25, 0.3) is 0 Å². The molecule has 0 radical (unpaired) electrons. The first-order valence-electron chi connectivity index (χ1n) is 5.34. The number of rotatable bonds is 5. The molecule has 1 saturated heterocycles. The molecule has 7 nitrogen and oxygen atoms in total. The summed E-state index contributed by atoms with van der Waals surface area (Å²) in [6.07, 6.45) is 1.03. The zero-order chi connectivity index (χ0) is 13.1. The molecule has 0 amide bonds. The number of ether oxygens (including phenoxy) is 2. The van der Waals surface area contributed by atoms with Crippen LogP contribution in [0.5, 0.6) is 0 Å². The molecule has 1 aliphatic heterocycles. The predicted octanol–water partition coefficient (Wildman–Crippen LogP) is 1.64. The number of methoxy groups -OCH3 is 1. The van der Waals surface area contributed by atoms with E-state index in [4.69, 9.17) is 4.74 Å². The van der Waals surface area contributed by atoms with E-state index in [0.717, 1.165) is 24.4 Å². The fourth-order valence-electron chi connectivity index (χ4n) is 1.51. The van der Waals surface area contributed by atoms with E-state index >= 15 is 0 Å². The minimum atomic E-state index is -0.573. The van der Waals surface area contributed by atoms with Gasteiger partial charge in [0.1, 0.15) is 10.6 Å². The predicted molar refractivity (Wildman–Crippen MR) is 65.2 cm³/mol. The Labute approximate surface area is 107 Å². The number of thiophene rings is 1. The van der Waals surface area contributed by atoms with Gasteiger partial charge in [0.05, 0.1) is 18.1 Å². The number of carbonyl (C=O) groups is 1. The molecule has 0 unspecified atom stereocenters. The Bertz CT molecular complexity index is 469. The van der Waals surface area contributed by atoms with Gasteiger partial charge in [-0.3, -0.25) is 10.1 Å². The smallest absolute Gasteiger partial charge is 0.348 e. The summed E-state index contributed by atoms with van der Waals surface area (Å²) in [5.41, 5.74) is 0.334. The molecule has 2 rings (SSSR count). The van der Waals surface area contributed by atoms with Crippen molar-refractivity contribution in [2.45, 2.75) is 12.5 Å². The van der Waals surface area contributed by atoms with E-state index in [9.17, 15) is 14.9 Å². The molecule has 8 heteroatoms. The SMILES string of the molecule is COC(=O)c1cc(NC[C@@H]2CCO2)c([N+](=O)[O-])s1. The highest BCUT2D eigenvalue weighted by Gasteiger charge is 2.25. The Morgan fingerprint density at radius 3 is 3.00 bits per heavy atom. The van der Waals surface area contributed by atoms with Gasteiger partial charge in [0, 0.05) is 13.2 Å². The third-order valence-electron chi connectivity index (χ3n) is 2.58. The number of nitrogens with zero attached hydrogens (tertiary/aromatic N) is 1. The standard InChI is InChI=1S/C10H12N2O5S/c1-16-10(13)8-4-7(9(18-8)12(14)15)11-5-6-2-3-17-6/h4,6,11H,2-3,5H2,1H3/t6-/m0/s1. The minimum Gasteiger partial charge on any atom is -0.465 e. The Kier molecular flexibility index (Phi) is 3.78. The lowest BCUT2D eigenvalue weighted by Crippen LogP contribution is -2.33. The molecule has 1 atom stereocenters. The minimum absolute atomic E-state index is 0.0882. The van der Waals surface area contributed by atoms with E-state index in [2.05, 4.69) is 10.1 Å². The van der Waals surface area contributed by atoms with Gasteiger partial charge in [0.2, 0.25) is 0 Å². The van der Waals surface area contributed by atoms with Crippen LogP contribution in [0.4, 0.5) is 10.7 Å². The van der Waals surface area contributed by atoms with Crippen LogP contribution in [-0.2, 0) is 9.47 Å². The second kappa shape index (κ2) is 5.32. The van der Waals surface area contributed by atoms with E-state index in [-0.39, 0.29) is 16.0 Å². The van der Waals surface area contributed by atoms with Crippen LogP contribution in [0.3, 0.4) is 0 Å². The first-order chi connectivity index (χ1) is 8.61. The fraction of sp³-hybridized carbons (Fsp3) is 0.500. The normalized spacial score (nSPS) is 17.9. The van der Waals surface area contributed by atoms with Gasteiger partial charge in [-0.05, 0) is 12.5 Å². The average Bonchev–Trinajstić information content (AvgIpc) is 2.70. The monoisotopic (exact) mass is 272 g/mol. The second-order valence-electron chi connectivity index (χ2n) is 3.74. The largest absolute Gasteiger partial charge is 0.465 e. The molecule has 1 fully saturated rings. The summed E-state index contributed by atoms with van der Waals surface area (Å²) >= 11 is 0.801. The van der Waals surface area contributed by atoms with Crippen molar-refractivity contribution in [3.63, 3.8) is 0 Å². The van der Waals surface area contributed by atoms with Gasteiger partial charge in [0.25, 0.3) is 0 Å². The maximum Gasteiger partial charge on any atom is 0.348 e. The molecule has 18 heavy (non-hydrogen) atoms. The van der Waals surface area contributed by atoms with Gasteiger partial charge in [-0.15, -0.1) is 0 Å². The number of nitro groups is 1. The Morgan fingerprint density at radius 2 is 2.50 bits per heavy atom. The van der Waals surface area contributed by atoms with Crippen molar-refractivity contribution in [1.82, 2.24) is 0 Å². The van der Waals surface area contributed by atoms with E-state index < -0.39 is 10.9 Å². The van der Waals surface area contributed by atoms with Crippen molar-refractivity contribution in [3.05, 3.63) is 21.1 Å². The van der Waals surface area contributed by atoms with Gasteiger partial charge in [-0.25, -0.2) is 4.79 Å². The summed E-state index contributed by atoms with van der Waals surface area (Å²) in [4.78, 5) is 21.9. The number of hydrogen-bond donors (Lipinski definition) is 1. The molecule has 1 N–H and O–H groups in total. The summed E-state index contributed by atoms with van der Waals surface area (Å²) in [5, 5.41) is 13.7. The van der Waals surface area contributed by atoms with Gasteiger partial charge in [-0.1, -0.05) is 11.3 Å². The highest BCUT2D eigenvalue weighted by molar-refractivity contribution is 7.17. The van der Waals surface area contributed by atoms with E-state index in [0.29, 0.717) is 12.2 Å². The Hall–Kier alpha value is -1.67. The summed E-state index contributed by atoms with van der Waals surface area (Å²) in [6, 6.07) is 1.44. The molecule has 0 aliphatic carbocycles. The molecule has 1 aromatic heterocycles. The Morgan fingerprint density at radius 1 is 1.78 bits per heavy atom. The van der Waals surface area contributed by atoms with Crippen LogP contribution in [0.2, 0.25) is 0 Å². The first-order valence-corrected chi connectivity index (χ1v) is 6.15. The third kappa shape index (κ3) is 2.59. The van der Waals surface area contributed by atoms with Gasteiger partial charge >= 0.3 is 11.0 Å². The first kappa shape index (κ1) is 12.8. The molecule has 0 spiro atoms. The van der Waals surface area contributed by atoms with Crippen LogP contribution >= 0.6 is 11.3 Å². The summed E-state index contributed by atoms with van der Waals surface area (Å²) in [6.45, 7) is 1.23. The summed E-state index contributed by atoms with van der Waals surface area (Å²) in [5.74, 6) is -0.573. The molecule has 1 aromatic rings. The van der Waals surface area contributed by atoms with Crippen molar-refractivity contribution in [3.8, 4) is 0 Å². The van der Waals surface area contributed by atoms with Crippen LogP contribution in [0.1, 0.15) is 16.1 Å². The van der Waals surface area contributed by atoms with Crippen LogP contribution < -0.4 is 5.32 Å². The van der Waals surface area contributed by atoms with E-state index in [1.807, 2.05) is 0 Å². The molecule has 0 saturated carbocycles. The van der Waals surface area contributed by atoms with Crippen LogP contribution in [-0.4, -0.2) is 37.3 Å². The quantitative estimate of drug-likeness (QED) is 0.498. The molecule has 1 aliphatic rings. The molecular weight excluding hydrogens is 260 g/mol. The fourth-order valence-corrected chi connectivity index (χ4v) is 2.38. The van der Waals surface area contributed by atoms with Crippen molar-refractivity contribution < 1.29 is 19.2 Å². The highest BCUT2D eigenvalue weighted by atomic mass is 32.1. The Balaban J connectivity index is 2.12. The van der Waals surface area contributed by atoms with Crippen molar-refractivity contribution in [2.75, 3.05) is 25.6 Å². The van der Waals surface area contributed by atoms with E-state index in [1.165, 1.54) is 13.2 Å². The van der Waals surface area contributed by atoms with Gasteiger partial charge in [0.15, 0.2) is 0 Å². The molecule has 98 valence electrons. The molecular formula is C10H12N2O5S. The van der Waals surface area contributed by atoms with Gasteiger partial charge in [-0.2, -0.15) is 0 Å². The zero-order valence-electron chi connectivity index (χ0n) is 9.67. The second-order valence-corrected chi connectivity index (χ2v) is 4.77. The highest BCUT2D eigenvalue weighted by Crippen LogP contribution is 2.35. The van der Waals surface area contributed by atoms with Crippen LogP contribution in [0.15, 0.2) is 6.07 Å². The maximum absolute atomic E-state index is 11.3. The lowest BCUT2D eigenvalue weighted by atomic mass is 10.2. The number of esters is 1. The van der Waals surface area contributed by atoms with Crippen molar-refractivity contribution >= 4 is 28.0 Å². The van der Waals surface area contributed by atoms with Crippen molar-refractivity contribution in [1.29, 1.82) is 0 Å². The summed E-state index contributed by atoms with van der Waals surface area (Å²) in [7, 11) is 1.24. The number of carbonyl (C=O) groups excluding carboxylic acids is 1. The number of nitrogens with one attached hydrogen (secondary N) is 1.